The van der Waals surface area contributed by atoms with E-state index < -0.39 is 0 Å². The highest BCUT2D eigenvalue weighted by Crippen LogP contribution is 2.28. The van der Waals surface area contributed by atoms with Gasteiger partial charge >= 0.3 is 0 Å². The van der Waals surface area contributed by atoms with Gasteiger partial charge in [-0.2, -0.15) is 0 Å². The highest BCUT2D eigenvalue weighted by molar-refractivity contribution is 7.22. The maximum absolute atomic E-state index is 11.9. The zero-order chi connectivity index (χ0) is 17.2. The third kappa shape index (κ3) is 6.00. The molecule has 0 bridgehead atoms. The predicted molar refractivity (Wildman–Crippen MR) is 101 cm³/mol. The summed E-state index contributed by atoms with van der Waals surface area (Å²) in [5, 5.41) is 6.80. The number of benzene rings is 1. The van der Waals surface area contributed by atoms with Gasteiger partial charge in [0.15, 0.2) is 5.13 Å². The minimum Gasteiger partial charge on any atom is -0.497 e. The molecule has 0 radical (unpaired) electrons. The molecule has 1 heterocycles. The van der Waals surface area contributed by atoms with Crippen LogP contribution in [0.5, 0.6) is 5.75 Å². The fraction of sp³-hybridized carbons (Fsp3) is 0.556. The zero-order valence-corrected chi connectivity index (χ0v) is 15.4. The Morgan fingerprint density at radius 2 is 2.00 bits per heavy atom. The number of carbonyl (C=O) groups is 1. The summed E-state index contributed by atoms with van der Waals surface area (Å²) in [7, 11) is 1.65. The molecule has 132 valence electrons. The van der Waals surface area contributed by atoms with E-state index in [1.165, 1.54) is 43.4 Å². The van der Waals surface area contributed by atoms with Gasteiger partial charge in [0.25, 0.3) is 0 Å². The molecule has 6 heteroatoms. The normalized spacial score (nSPS) is 10.8. The number of aromatic nitrogens is 1. The second-order valence-electron chi connectivity index (χ2n) is 5.82. The van der Waals surface area contributed by atoms with Crippen molar-refractivity contribution in [1.29, 1.82) is 0 Å². The maximum atomic E-state index is 11.9. The first kappa shape index (κ1) is 18.5. The minimum absolute atomic E-state index is 0.0143. The Morgan fingerprint density at radius 3 is 2.79 bits per heavy atom. The Labute approximate surface area is 147 Å². The van der Waals surface area contributed by atoms with Gasteiger partial charge in [0, 0.05) is 6.54 Å². The monoisotopic (exact) mass is 349 g/mol. The van der Waals surface area contributed by atoms with Crippen LogP contribution in [0.1, 0.15) is 45.4 Å². The number of amides is 1. The van der Waals surface area contributed by atoms with E-state index in [-0.39, 0.29) is 12.5 Å². The molecular weight excluding hydrogens is 322 g/mol. The number of unbranched alkanes of at least 4 members (excludes halogenated alkanes) is 5. The number of hydrogen-bond acceptors (Lipinski definition) is 5. The summed E-state index contributed by atoms with van der Waals surface area (Å²) in [6, 6.07) is 5.77. The van der Waals surface area contributed by atoms with Crippen LogP contribution < -0.4 is 15.4 Å². The van der Waals surface area contributed by atoms with Crippen molar-refractivity contribution in [2.75, 3.05) is 25.5 Å². The van der Waals surface area contributed by atoms with Crippen molar-refractivity contribution in [2.24, 2.45) is 0 Å². The Hall–Kier alpha value is -1.82. The summed E-state index contributed by atoms with van der Waals surface area (Å²) in [6.07, 6.45) is 7.38. The quantitative estimate of drug-likeness (QED) is 0.597. The molecule has 0 atom stereocenters. The number of anilines is 1. The second kappa shape index (κ2) is 10.1. The van der Waals surface area contributed by atoms with Crippen LogP contribution in [0.15, 0.2) is 18.2 Å². The Bertz CT molecular complexity index is 642. The fourth-order valence-electron chi connectivity index (χ4n) is 2.46. The lowest BCUT2D eigenvalue weighted by Crippen LogP contribution is -2.30. The van der Waals surface area contributed by atoms with Crippen LogP contribution in [-0.2, 0) is 4.79 Å². The number of methoxy groups -OCH3 is 1. The topological polar surface area (TPSA) is 63.2 Å². The van der Waals surface area contributed by atoms with Crippen LogP contribution in [0, 0.1) is 0 Å². The molecule has 2 aromatic rings. The van der Waals surface area contributed by atoms with Crippen molar-refractivity contribution in [3.05, 3.63) is 18.2 Å². The van der Waals surface area contributed by atoms with E-state index in [2.05, 4.69) is 22.5 Å². The first-order chi connectivity index (χ1) is 11.7. The molecule has 0 spiro atoms. The van der Waals surface area contributed by atoms with Gasteiger partial charge in [0.2, 0.25) is 5.91 Å². The molecule has 2 N–H and O–H groups in total. The molecule has 24 heavy (non-hydrogen) atoms. The highest BCUT2D eigenvalue weighted by atomic mass is 32.1. The van der Waals surface area contributed by atoms with E-state index in [9.17, 15) is 4.79 Å². The lowest BCUT2D eigenvalue weighted by molar-refractivity contribution is -0.119. The van der Waals surface area contributed by atoms with E-state index in [0.717, 1.165) is 34.1 Å². The van der Waals surface area contributed by atoms with Gasteiger partial charge in [-0.15, -0.1) is 0 Å². The lowest BCUT2D eigenvalue weighted by Gasteiger charge is -2.05. The van der Waals surface area contributed by atoms with Crippen molar-refractivity contribution >= 4 is 32.6 Å². The van der Waals surface area contributed by atoms with Crippen molar-refractivity contribution in [1.82, 2.24) is 10.3 Å². The number of thiazole rings is 1. The van der Waals surface area contributed by atoms with Crippen molar-refractivity contribution < 1.29 is 9.53 Å². The van der Waals surface area contributed by atoms with Crippen molar-refractivity contribution in [3.8, 4) is 5.75 Å². The van der Waals surface area contributed by atoms with E-state index in [1.54, 1.807) is 7.11 Å². The summed E-state index contributed by atoms with van der Waals surface area (Å²) in [5.41, 5.74) is 0.913. The van der Waals surface area contributed by atoms with Crippen LogP contribution >= 0.6 is 11.3 Å². The summed E-state index contributed by atoms with van der Waals surface area (Å²) in [6.45, 7) is 3.23. The molecule has 0 fully saturated rings. The molecule has 0 saturated heterocycles. The Morgan fingerprint density at radius 1 is 1.21 bits per heavy atom. The molecule has 2 rings (SSSR count). The largest absolute Gasteiger partial charge is 0.497 e. The van der Waals surface area contributed by atoms with Crippen LogP contribution in [0.25, 0.3) is 10.2 Å². The third-order valence-corrected chi connectivity index (χ3v) is 4.82. The fourth-order valence-corrected chi connectivity index (χ4v) is 3.35. The first-order valence-corrected chi connectivity index (χ1v) is 9.49. The Balaban J connectivity index is 1.66. The van der Waals surface area contributed by atoms with Gasteiger partial charge in [0.1, 0.15) is 5.75 Å². The zero-order valence-electron chi connectivity index (χ0n) is 14.6. The second-order valence-corrected chi connectivity index (χ2v) is 6.85. The molecule has 1 amide bonds. The molecule has 0 aliphatic rings. The highest BCUT2D eigenvalue weighted by Gasteiger charge is 2.06. The number of nitrogens with zero attached hydrogens (tertiary/aromatic N) is 1. The molecule has 0 aliphatic carbocycles. The maximum Gasteiger partial charge on any atom is 0.239 e. The van der Waals surface area contributed by atoms with Gasteiger partial charge < -0.3 is 15.4 Å². The molecule has 1 aromatic carbocycles. The minimum atomic E-state index is 0.0143. The van der Waals surface area contributed by atoms with Crippen molar-refractivity contribution in [3.63, 3.8) is 0 Å². The Kier molecular flexibility index (Phi) is 7.82. The number of nitrogens with one attached hydrogen (secondary N) is 2. The van der Waals surface area contributed by atoms with Crippen LogP contribution in [0.3, 0.4) is 0 Å². The number of hydrogen-bond donors (Lipinski definition) is 2. The van der Waals surface area contributed by atoms with E-state index in [0.29, 0.717) is 0 Å². The smallest absolute Gasteiger partial charge is 0.239 e. The third-order valence-electron chi connectivity index (χ3n) is 3.85. The summed E-state index contributed by atoms with van der Waals surface area (Å²) in [4.78, 5) is 16.3. The van der Waals surface area contributed by atoms with Gasteiger partial charge in [0.05, 0.1) is 23.9 Å². The summed E-state index contributed by atoms with van der Waals surface area (Å²) < 4.78 is 6.26. The van der Waals surface area contributed by atoms with Gasteiger partial charge in [-0.25, -0.2) is 4.98 Å². The molecule has 1 aromatic heterocycles. The van der Waals surface area contributed by atoms with Gasteiger partial charge in [-0.3, -0.25) is 4.79 Å². The van der Waals surface area contributed by atoms with Crippen LogP contribution in [0.2, 0.25) is 0 Å². The van der Waals surface area contributed by atoms with Crippen molar-refractivity contribution in [2.45, 2.75) is 45.4 Å². The number of rotatable bonds is 11. The molecule has 5 nitrogen and oxygen atoms in total. The van der Waals surface area contributed by atoms with Crippen LogP contribution in [0.4, 0.5) is 5.13 Å². The molecule has 0 unspecified atom stereocenters. The van der Waals surface area contributed by atoms with Gasteiger partial charge in [-0.1, -0.05) is 50.4 Å². The summed E-state index contributed by atoms with van der Waals surface area (Å²) >= 11 is 1.53. The average Bonchev–Trinajstić information content (AvgIpc) is 3.01. The molecule has 0 aliphatic heterocycles. The summed E-state index contributed by atoms with van der Waals surface area (Å²) in [5.74, 6) is 0.828. The van der Waals surface area contributed by atoms with E-state index >= 15 is 0 Å². The number of fused-ring (bicyclic) bond motifs is 1. The SMILES string of the molecule is CCCCCCCCNC(=O)CNc1nc2ccc(OC)cc2s1. The average molecular weight is 350 g/mol. The standard InChI is InChI=1S/C18H27N3O2S/c1-3-4-5-6-7-8-11-19-17(22)13-20-18-21-15-10-9-14(23-2)12-16(15)24-18/h9-10,12H,3-8,11,13H2,1-2H3,(H,19,22)(H,20,21). The lowest BCUT2D eigenvalue weighted by atomic mass is 10.1. The molecular formula is C18H27N3O2S. The van der Waals surface area contributed by atoms with E-state index in [4.69, 9.17) is 4.74 Å². The number of ether oxygens (including phenoxy) is 1. The van der Waals surface area contributed by atoms with E-state index in [1.807, 2.05) is 18.2 Å². The molecule has 0 saturated carbocycles. The number of carbonyl (C=O) groups excluding carboxylic acids is 1. The predicted octanol–water partition coefficient (Wildman–Crippen LogP) is 4.19. The van der Waals surface area contributed by atoms with Gasteiger partial charge in [-0.05, 0) is 24.6 Å². The van der Waals surface area contributed by atoms with Crippen LogP contribution in [-0.4, -0.2) is 31.1 Å². The first-order valence-electron chi connectivity index (χ1n) is 8.68.